The molecule has 0 bridgehead atoms. The first-order valence-electron chi connectivity index (χ1n) is 8.69. The third-order valence-corrected chi connectivity index (χ3v) is 4.91. The van der Waals surface area contributed by atoms with Gasteiger partial charge in [-0.25, -0.2) is 4.39 Å². The van der Waals surface area contributed by atoms with Crippen molar-refractivity contribution < 1.29 is 4.39 Å². The zero-order valence-corrected chi connectivity index (χ0v) is 17.4. The van der Waals surface area contributed by atoms with Crippen molar-refractivity contribution in [1.29, 1.82) is 0 Å². The number of aliphatic imine (C=N–C) groups is 1. The molecule has 4 rings (SSSR count). The summed E-state index contributed by atoms with van der Waals surface area (Å²) in [4.78, 5) is 4.27. The first-order valence-corrected chi connectivity index (χ1v) is 8.69. The lowest BCUT2D eigenvalue weighted by Crippen LogP contribution is -2.41. The Kier molecular flexibility index (Phi) is 5.93. The number of nitrogens with one attached hydrogen (secondary N) is 2. The molecule has 0 aliphatic heterocycles. The summed E-state index contributed by atoms with van der Waals surface area (Å²) in [7, 11) is 1.74. The monoisotopic (exact) mass is 480 g/mol. The molecule has 0 atom stereocenters. The van der Waals surface area contributed by atoms with E-state index in [4.69, 9.17) is 0 Å². The molecule has 0 radical (unpaired) electrons. The largest absolute Gasteiger partial charge is 0.356 e. The SMILES string of the molecule is CN=C(NCc1nnc2ccccn12)NCC1(c2cccc(F)c2)CC1.I. The van der Waals surface area contributed by atoms with Crippen molar-refractivity contribution >= 4 is 35.6 Å². The lowest BCUT2D eigenvalue weighted by Gasteiger charge is -2.19. The normalized spacial score (nSPS) is 15.3. The van der Waals surface area contributed by atoms with Crippen LogP contribution in [0.5, 0.6) is 0 Å². The van der Waals surface area contributed by atoms with E-state index in [-0.39, 0.29) is 35.2 Å². The highest BCUT2D eigenvalue weighted by molar-refractivity contribution is 14.0. The van der Waals surface area contributed by atoms with Gasteiger partial charge in [-0.3, -0.25) is 9.39 Å². The third-order valence-electron chi connectivity index (χ3n) is 4.91. The fourth-order valence-corrected chi connectivity index (χ4v) is 3.18. The van der Waals surface area contributed by atoms with E-state index >= 15 is 0 Å². The molecule has 3 aromatic rings. The van der Waals surface area contributed by atoms with E-state index in [9.17, 15) is 4.39 Å². The summed E-state index contributed by atoms with van der Waals surface area (Å²) in [5.74, 6) is 1.32. The Morgan fingerprint density at radius 2 is 2.04 bits per heavy atom. The van der Waals surface area contributed by atoms with Crippen LogP contribution in [0.2, 0.25) is 0 Å². The van der Waals surface area contributed by atoms with Crippen LogP contribution in [0.1, 0.15) is 24.2 Å². The summed E-state index contributed by atoms with van der Waals surface area (Å²) in [5.41, 5.74) is 1.86. The second-order valence-electron chi connectivity index (χ2n) is 6.62. The van der Waals surface area contributed by atoms with Gasteiger partial charge in [0.1, 0.15) is 5.82 Å². The van der Waals surface area contributed by atoms with Gasteiger partial charge in [0.15, 0.2) is 17.4 Å². The minimum Gasteiger partial charge on any atom is -0.356 e. The second-order valence-corrected chi connectivity index (χ2v) is 6.62. The number of nitrogens with zero attached hydrogens (tertiary/aromatic N) is 4. The number of halogens is 2. The molecule has 0 saturated heterocycles. The number of pyridine rings is 1. The summed E-state index contributed by atoms with van der Waals surface area (Å²) < 4.78 is 15.5. The molecular formula is C19H22FIN6. The van der Waals surface area contributed by atoms with Crippen LogP contribution in [0.25, 0.3) is 5.65 Å². The second kappa shape index (κ2) is 8.20. The zero-order valence-electron chi connectivity index (χ0n) is 15.0. The van der Waals surface area contributed by atoms with Crippen molar-refractivity contribution in [2.75, 3.05) is 13.6 Å². The van der Waals surface area contributed by atoms with Gasteiger partial charge in [-0.05, 0) is 42.7 Å². The molecule has 142 valence electrons. The highest BCUT2D eigenvalue weighted by atomic mass is 127. The topological polar surface area (TPSA) is 66.6 Å². The average Bonchev–Trinajstić information content (AvgIpc) is 3.35. The third kappa shape index (κ3) is 4.20. The molecule has 1 saturated carbocycles. The van der Waals surface area contributed by atoms with Crippen LogP contribution in [0.3, 0.4) is 0 Å². The van der Waals surface area contributed by atoms with Gasteiger partial charge in [-0.2, -0.15) is 0 Å². The van der Waals surface area contributed by atoms with E-state index in [1.54, 1.807) is 19.2 Å². The quantitative estimate of drug-likeness (QED) is 0.335. The smallest absolute Gasteiger partial charge is 0.191 e. The summed E-state index contributed by atoms with van der Waals surface area (Å²) in [6.07, 6.45) is 4.04. The predicted octanol–water partition coefficient (Wildman–Crippen LogP) is 2.88. The molecular weight excluding hydrogens is 458 g/mol. The van der Waals surface area contributed by atoms with Crippen LogP contribution in [0, 0.1) is 5.82 Å². The summed E-state index contributed by atoms with van der Waals surface area (Å²) in [6, 6.07) is 12.7. The van der Waals surface area contributed by atoms with Crippen LogP contribution in [0.4, 0.5) is 4.39 Å². The van der Waals surface area contributed by atoms with E-state index in [0.717, 1.165) is 36.4 Å². The zero-order chi connectivity index (χ0) is 18.0. The highest BCUT2D eigenvalue weighted by Crippen LogP contribution is 2.47. The Hall–Kier alpha value is -2.23. The van der Waals surface area contributed by atoms with Crippen LogP contribution >= 0.6 is 24.0 Å². The van der Waals surface area contributed by atoms with E-state index in [2.05, 4.69) is 25.8 Å². The molecule has 1 aliphatic rings. The van der Waals surface area contributed by atoms with E-state index in [1.807, 2.05) is 34.9 Å². The predicted molar refractivity (Wildman–Crippen MR) is 114 cm³/mol. The number of hydrogen-bond donors (Lipinski definition) is 2. The van der Waals surface area contributed by atoms with E-state index in [0.29, 0.717) is 12.5 Å². The minimum atomic E-state index is -0.185. The molecule has 1 aliphatic carbocycles. The van der Waals surface area contributed by atoms with Gasteiger partial charge in [0.05, 0.1) is 6.54 Å². The molecule has 2 aromatic heterocycles. The molecule has 8 heteroatoms. The Balaban J connectivity index is 0.00000210. The molecule has 2 heterocycles. The van der Waals surface area contributed by atoms with Gasteiger partial charge in [0.2, 0.25) is 0 Å². The number of hydrogen-bond acceptors (Lipinski definition) is 3. The van der Waals surface area contributed by atoms with Crippen molar-refractivity contribution in [3.63, 3.8) is 0 Å². The lowest BCUT2D eigenvalue weighted by atomic mass is 9.96. The number of benzene rings is 1. The Labute approximate surface area is 174 Å². The number of aromatic nitrogens is 3. The summed E-state index contributed by atoms with van der Waals surface area (Å²) in [5, 5.41) is 15.0. The van der Waals surface area contributed by atoms with Crippen molar-refractivity contribution in [2.24, 2.45) is 4.99 Å². The maximum atomic E-state index is 13.5. The summed E-state index contributed by atoms with van der Waals surface area (Å²) in [6.45, 7) is 1.23. The van der Waals surface area contributed by atoms with Gasteiger partial charge < -0.3 is 10.6 Å². The van der Waals surface area contributed by atoms with Crippen molar-refractivity contribution in [1.82, 2.24) is 25.2 Å². The van der Waals surface area contributed by atoms with Gasteiger partial charge in [0, 0.05) is 25.2 Å². The van der Waals surface area contributed by atoms with Crippen molar-refractivity contribution in [2.45, 2.75) is 24.8 Å². The van der Waals surface area contributed by atoms with Crippen LogP contribution in [0.15, 0.2) is 53.7 Å². The lowest BCUT2D eigenvalue weighted by molar-refractivity contribution is 0.606. The van der Waals surface area contributed by atoms with Crippen molar-refractivity contribution in [3.05, 3.63) is 65.9 Å². The van der Waals surface area contributed by atoms with Crippen LogP contribution in [-0.4, -0.2) is 34.2 Å². The fourth-order valence-electron chi connectivity index (χ4n) is 3.18. The molecule has 2 N–H and O–H groups in total. The minimum absolute atomic E-state index is 0. The average molecular weight is 480 g/mol. The maximum Gasteiger partial charge on any atom is 0.191 e. The van der Waals surface area contributed by atoms with E-state index < -0.39 is 0 Å². The van der Waals surface area contributed by atoms with E-state index in [1.165, 1.54) is 6.07 Å². The summed E-state index contributed by atoms with van der Waals surface area (Å²) >= 11 is 0. The molecule has 0 amide bonds. The molecule has 6 nitrogen and oxygen atoms in total. The fraction of sp³-hybridized carbons (Fsp3) is 0.316. The standard InChI is InChI=1S/C19H21FN6.HI/c1-21-18(22-12-17-25-24-16-7-2-3-10-26(16)17)23-13-19(8-9-19)14-5-4-6-15(20)11-14;/h2-7,10-11H,8-9,12-13H2,1H3,(H2,21,22,23);1H. The Morgan fingerprint density at radius 3 is 2.78 bits per heavy atom. The highest BCUT2D eigenvalue weighted by Gasteiger charge is 2.44. The van der Waals surface area contributed by atoms with Crippen molar-refractivity contribution in [3.8, 4) is 0 Å². The van der Waals surface area contributed by atoms with Gasteiger partial charge in [0.25, 0.3) is 0 Å². The molecule has 27 heavy (non-hydrogen) atoms. The molecule has 1 fully saturated rings. The van der Waals surface area contributed by atoms with Gasteiger partial charge >= 0.3 is 0 Å². The van der Waals surface area contributed by atoms with Crippen LogP contribution in [-0.2, 0) is 12.0 Å². The number of fused-ring (bicyclic) bond motifs is 1. The van der Waals surface area contributed by atoms with Crippen LogP contribution < -0.4 is 10.6 Å². The number of guanidine groups is 1. The molecule has 1 aromatic carbocycles. The maximum absolute atomic E-state index is 13.5. The van der Waals surface area contributed by atoms with Gasteiger partial charge in [-0.15, -0.1) is 34.2 Å². The molecule has 0 unspecified atom stereocenters. The molecule has 0 spiro atoms. The Bertz CT molecular complexity index is 950. The first kappa shape index (κ1) is 19.5. The van der Waals surface area contributed by atoms with Gasteiger partial charge in [-0.1, -0.05) is 18.2 Å². The Morgan fingerprint density at radius 1 is 1.19 bits per heavy atom. The number of rotatable bonds is 5. The first-order chi connectivity index (χ1) is 12.7.